The molecule has 6 nitrogen and oxygen atoms in total. The van der Waals surface area contributed by atoms with Crippen LogP contribution in [-0.2, 0) is 14.3 Å². The lowest BCUT2D eigenvalue weighted by Crippen LogP contribution is -2.45. The fourth-order valence-corrected chi connectivity index (χ4v) is 9.64. The molecule has 2 unspecified atom stereocenters. The van der Waals surface area contributed by atoms with Crippen molar-refractivity contribution in [1.82, 2.24) is 5.32 Å². The zero-order valence-electron chi connectivity index (χ0n) is 45.4. The van der Waals surface area contributed by atoms with E-state index in [0.717, 1.165) is 38.5 Å². The van der Waals surface area contributed by atoms with Gasteiger partial charge < -0.3 is 20.3 Å². The molecule has 1 amide bonds. The molecule has 0 aromatic heterocycles. The van der Waals surface area contributed by atoms with Crippen molar-refractivity contribution >= 4 is 11.9 Å². The van der Waals surface area contributed by atoms with E-state index in [0.29, 0.717) is 25.9 Å². The van der Waals surface area contributed by atoms with Gasteiger partial charge >= 0.3 is 5.97 Å². The molecule has 67 heavy (non-hydrogen) atoms. The molecule has 398 valence electrons. The Morgan fingerprint density at radius 2 is 0.701 bits per heavy atom. The number of aliphatic hydroxyl groups excluding tert-OH is 2. The van der Waals surface area contributed by atoms with E-state index in [2.05, 4.69) is 31.3 Å². The second-order valence-electron chi connectivity index (χ2n) is 21.0. The molecule has 0 fully saturated rings. The molecule has 0 radical (unpaired) electrons. The largest absolute Gasteiger partial charge is 0.466 e. The molecule has 0 aliphatic carbocycles. The first-order valence-corrected chi connectivity index (χ1v) is 30.4. The van der Waals surface area contributed by atoms with Gasteiger partial charge in [-0.2, -0.15) is 0 Å². The van der Waals surface area contributed by atoms with E-state index in [1.807, 2.05) is 0 Å². The lowest BCUT2D eigenvalue weighted by atomic mass is 10.0. The van der Waals surface area contributed by atoms with Crippen LogP contribution in [0.5, 0.6) is 0 Å². The van der Waals surface area contributed by atoms with Crippen molar-refractivity contribution in [2.24, 2.45) is 0 Å². The van der Waals surface area contributed by atoms with E-state index in [1.165, 1.54) is 270 Å². The maximum atomic E-state index is 12.4. The summed E-state index contributed by atoms with van der Waals surface area (Å²) in [7, 11) is 0. The van der Waals surface area contributed by atoms with Gasteiger partial charge in [-0.25, -0.2) is 0 Å². The van der Waals surface area contributed by atoms with Crippen LogP contribution in [0.4, 0.5) is 0 Å². The van der Waals surface area contributed by atoms with Gasteiger partial charge in [0.05, 0.1) is 25.4 Å². The molecule has 0 aliphatic rings. The van der Waals surface area contributed by atoms with E-state index >= 15 is 0 Å². The van der Waals surface area contributed by atoms with Gasteiger partial charge in [-0.15, -0.1) is 0 Å². The average Bonchev–Trinajstić information content (AvgIpc) is 3.33. The van der Waals surface area contributed by atoms with Crippen molar-refractivity contribution < 1.29 is 24.5 Å². The Kier molecular flexibility index (Phi) is 56.0. The Hall–Kier alpha value is -1.40. The number of carbonyl (C=O) groups is 2. The lowest BCUT2D eigenvalue weighted by Gasteiger charge is -2.22. The summed E-state index contributed by atoms with van der Waals surface area (Å²) in [6.45, 7) is 4.96. The minimum atomic E-state index is -0.667. The molecule has 6 heteroatoms. The fraction of sp³-hybridized carbons (Fsp3) is 0.934. The van der Waals surface area contributed by atoms with E-state index in [1.54, 1.807) is 0 Å². The average molecular weight is 947 g/mol. The topological polar surface area (TPSA) is 95.9 Å². The van der Waals surface area contributed by atoms with Crippen LogP contribution in [0.2, 0.25) is 0 Å². The summed E-state index contributed by atoms with van der Waals surface area (Å²) in [6.07, 6.45) is 67.9. The maximum Gasteiger partial charge on any atom is 0.305 e. The molecular weight excluding hydrogens is 827 g/mol. The van der Waals surface area contributed by atoms with Crippen LogP contribution in [0.25, 0.3) is 0 Å². The van der Waals surface area contributed by atoms with Crippen molar-refractivity contribution in [3.63, 3.8) is 0 Å². The van der Waals surface area contributed by atoms with Gasteiger partial charge in [-0.3, -0.25) is 9.59 Å². The summed E-state index contributed by atoms with van der Waals surface area (Å²) in [5.41, 5.74) is 0. The molecule has 2 atom stereocenters. The molecule has 0 rings (SSSR count). The van der Waals surface area contributed by atoms with Crippen LogP contribution in [0.15, 0.2) is 12.2 Å². The third-order valence-electron chi connectivity index (χ3n) is 14.3. The second kappa shape index (κ2) is 57.2. The first-order chi connectivity index (χ1) is 33.0. The highest BCUT2D eigenvalue weighted by Crippen LogP contribution is 2.18. The molecule has 0 bridgehead atoms. The van der Waals surface area contributed by atoms with Crippen LogP contribution in [0.1, 0.15) is 341 Å². The summed E-state index contributed by atoms with van der Waals surface area (Å²) in [5, 5.41) is 23.2. The molecule has 3 N–H and O–H groups in total. The monoisotopic (exact) mass is 946 g/mol. The van der Waals surface area contributed by atoms with Gasteiger partial charge in [0.1, 0.15) is 0 Å². The van der Waals surface area contributed by atoms with Crippen LogP contribution in [0, 0.1) is 0 Å². The van der Waals surface area contributed by atoms with Crippen molar-refractivity contribution in [3.05, 3.63) is 12.2 Å². The Morgan fingerprint density at radius 3 is 1.06 bits per heavy atom. The molecule has 0 saturated carbocycles. The number of nitrogens with one attached hydrogen (secondary N) is 1. The Morgan fingerprint density at radius 1 is 0.403 bits per heavy atom. The molecule has 0 aromatic rings. The van der Waals surface area contributed by atoms with Crippen molar-refractivity contribution in [2.75, 3.05) is 13.2 Å². The first-order valence-electron chi connectivity index (χ1n) is 30.4. The normalized spacial score (nSPS) is 12.6. The van der Waals surface area contributed by atoms with Crippen molar-refractivity contribution in [3.8, 4) is 0 Å². The number of rotatable bonds is 57. The van der Waals surface area contributed by atoms with E-state index < -0.39 is 12.1 Å². The SMILES string of the molecule is CCCCCCCCCCCCCCCCCCCCCC(=O)OCCCCCCCCCCC/C=C\CCCCCCCCCC(=O)NC(CO)C(O)CCCCCCCCCCCCC. The molecule has 0 aromatic carbocycles. The molecule has 0 spiro atoms. The number of amides is 1. The standard InChI is InChI=1S/C61H119NO5/c1-3-5-7-9-11-13-15-16-17-18-21-25-28-31-35-39-43-47-51-55-61(66)67-56-52-48-44-40-36-32-29-26-23-20-19-22-24-27-30-34-38-42-46-50-54-60(65)62-58(57-63)59(64)53-49-45-41-37-33-14-12-10-8-6-4-2/h19,22,58-59,63-64H,3-18,20-21,23-57H2,1-2H3,(H,62,65)/b22-19-. The number of allylic oxidation sites excluding steroid dienone is 2. The molecule has 0 aliphatic heterocycles. The number of hydrogen-bond acceptors (Lipinski definition) is 5. The lowest BCUT2D eigenvalue weighted by molar-refractivity contribution is -0.143. The predicted molar refractivity (Wildman–Crippen MR) is 292 cm³/mol. The van der Waals surface area contributed by atoms with Crippen LogP contribution in [-0.4, -0.2) is 47.4 Å². The number of aliphatic hydroxyl groups is 2. The second-order valence-corrected chi connectivity index (χ2v) is 21.0. The summed E-state index contributed by atoms with van der Waals surface area (Å²) in [5.74, 6) is -0.0318. The van der Waals surface area contributed by atoms with Gasteiger partial charge in [-0.1, -0.05) is 289 Å². The van der Waals surface area contributed by atoms with Gasteiger partial charge in [0.2, 0.25) is 5.91 Å². The fourth-order valence-electron chi connectivity index (χ4n) is 9.64. The van der Waals surface area contributed by atoms with Crippen LogP contribution < -0.4 is 5.32 Å². The van der Waals surface area contributed by atoms with E-state index in [9.17, 15) is 19.8 Å². The highest BCUT2D eigenvalue weighted by molar-refractivity contribution is 5.76. The number of unbranched alkanes of at least 4 members (excludes halogenated alkanes) is 44. The van der Waals surface area contributed by atoms with E-state index in [-0.39, 0.29) is 18.5 Å². The number of ether oxygens (including phenoxy) is 1. The summed E-state index contributed by atoms with van der Waals surface area (Å²) < 4.78 is 5.50. The summed E-state index contributed by atoms with van der Waals surface area (Å²) >= 11 is 0. The van der Waals surface area contributed by atoms with E-state index in [4.69, 9.17) is 4.74 Å². The quantitative estimate of drug-likeness (QED) is 0.0321. The Balaban J connectivity index is 3.38. The van der Waals surface area contributed by atoms with Gasteiger partial charge in [0, 0.05) is 12.8 Å². The smallest absolute Gasteiger partial charge is 0.305 e. The Bertz CT molecular complexity index is 1000. The first kappa shape index (κ1) is 65.6. The Labute approximate surface area is 419 Å². The minimum Gasteiger partial charge on any atom is -0.466 e. The van der Waals surface area contributed by atoms with Crippen molar-refractivity contribution in [2.45, 2.75) is 353 Å². The molecule has 0 saturated heterocycles. The van der Waals surface area contributed by atoms with Gasteiger partial charge in [0.15, 0.2) is 0 Å². The van der Waals surface area contributed by atoms with Gasteiger partial charge in [0.25, 0.3) is 0 Å². The predicted octanol–water partition coefficient (Wildman–Crippen LogP) is 18.9. The molecule has 0 heterocycles. The molecular formula is C61H119NO5. The minimum absolute atomic E-state index is 0.0115. The third kappa shape index (κ3) is 53.8. The summed E-state index contributed by atoms with van der Waals surface area (Å²) in [6, 6.07) is -0.546. The number of hydrogen-bond donors (Lipinski definition) is 3. The summed E-state index contributed by atoms with van der Waals surface area (Å²) in [4.78, 5) is 24.5. The van der Waals surface area contributed by atoms with Gasteiger partial charge in [-0.05, 0) is 51.4 Å². The number of esters is 1. The number of carbonyl (C=O) groups excluding carboxylic acids is 2. The van der Waals surface area contributed by atoms with Crippen LogP contribution in [0.3, 0.4) is 0 Å². The zero-order valence-corrected chi connectivity index (χ0v) is 45.4. The highest BCUT2D eigenvalue weighted by atomic mass is 16.5. The third-order valence-corrected chi connectivity index (χ3v) is 14.3. The van der Waals surface area contributed by atoms with Crippen molar-refractivity contribution in [1.29, 1.82) is 0 Å². The van der Waals surface area contributed by atoms with Crippen LogP contribution >= 0.6 is 0 Å². The highest BCUT2D eigenvalue weighted by Gasteiger charge is 2.20. The maximum absolute atomic E-state index is 12.4. The zero-order chi connectivity index (χ0) is 48.6.